The molecular formula is C27H27FN4O. The average molecular weight is 443 g/mol. The number of benzene rings is 2. The Morgan fingerprint density at radius 2 is 2.03 bits per heavy atom. The monoisotopic (exact) mass is 442 g/mol. The third-order valence-electron chi connectivity index (χ3n) is 6.62. The van der Waals surface area contributed by atoms with Crippen LogP contribution in [0.3, 0.4) is 0 Å². The minimum Gasteiger partial charge on any atom is -0.366 e. The number of nitrogens with zero attached hydrogens (tertiary/aromatic N) is 3. The van der Waals surface area contributed by atoms with Gasteiger partial charge in [0, 0.05) is 66.2 Å². The number of nitrogens with two attached hydrogens (primary N) is 1. The van der Waals surface area contributed by atoms with E-state index in [2.05, 4.69) is 27.8 Å². The summed E-state index contributed by atoms with van der Waals surface area (Å²) >= 11 is 0. The molecule has 3 heterocycles. The van der Waals surface area contributed by atoms with Gasteiger partial charge in [-0.3, -0.25) is 14.7 Å². The van der Waals surface area contributed by atoms with Gasteiger partial charge in [0.2, 0.25) is 5.91 Å². The quantitative estimate of drug-likeness (QED) is 0.480. The Hall–Kier alpha value is -3.51. The van der Waals surface area contributed by atoms with Crippen LogP contribution in [0.5, 0.6) is 0 Å². The molecule has 0 bridgehead atoms. The highest BCUT2D eigenvalue weighted by Crippen LogP contribution is 2.30. The first-order valence-electron chi connectivity index (χ1n) is 11.3. The smallest absolute Gasteiger partial charge is 0.248 e. The van der Waals surface area contributed by atoms with Gasteiger partial charge >= 0.3 is 0 Å². The molecule has 4 aromatic rings. The number of fused-ring (bicyclic) bond motifs is 1. The largest absolute Gasteiger partial charge is 0.366 e. The lowest BCUT2D eigenvalue weighted by Gasteiger charge is -2.32. The molecule has 33 heavy (non-hydrogen) atoms. The van der Waals surface area contributed by atoms with E-state index < -0.39 is 5.91 Å². The third-order valence-corrected chi connectivity index (χ3v) is 6.62. The third kappa shape index (κ3) is 4.39. The van der Waals surface area contributed by atoms with E-state index in [0.717, 1.165) is 65.8 Å². The van der Waals surface area contributed by atoms with E-state index in [1.165, 1.54) is 6.07 Å². The first-order chi connectivity index (χ1) is 16.0. The number of primary amides is 1. The zero-order valence-electron chi connectivity index (χ0n) is 18.7. The Labute approximate surface area is 192 Å². The number of amides is 1. The summed E-state index contributed by atoms with van der Waals surface area (Å²) in [4.78, 5) is 18.7. The van der Waals surface area contributed by atoms with E-state index in [4.69, 9.17) is 10.7 Å². The molecule has 2 aromatic carbocycles. The van der Waals surface area contributed by atoms with Gasteiger partial charge in [-0.15, -0.1) is 0 Å². The number of halogens is 1. The van der Waals surface area contributed by atoms with E-state index in [9.17, 15) is 9.18 Å². The lowest BCUT2D eigenvalue weighted by molar-refractivity contribution is 0.100. The van der Waals surface area contributed by atoms with Gasteiger partial charge in [0.15, 0.2) is 0 Å². The van der Waals surface area contributed by atoms with Crippen molar-refractivity contribution in [2.24, 2.45) is 12.8 Å². The fraction of sp³-hybridized carbons (Fsp3) is 0.259. The Morgan fingerprint density at radius 1 is 1.15 bits per heavy atom. The second kappa shape index (κ2) is 8.79. The van der Waals surface area contributed by atoms with Gasteiger partial charge in [0.1, 0.15) is 5.82 Å². The molecule has 1 aliphatic rings. The number of aryl methyl sites for hydroxylation is 1. The van der Waals surface area contributed by atoms with Crippen LogP contribution in [0.25, 0.3) is 22.0 Å². The maximum absolute atomic E-state index is 13.9. The molecule has 1 atom stereocenters. The first kappa shape index (κ1) is 21.3. The van der Waals surface area contributed by atoms with Gasteiger partial charge in [0.05, 0.1) is 0 Å². The molecule has 5 nitrogen and oxygen atoms in total. The predicted molar refractivity (Wildman–Crippen MR) is 128 cm³/mol. The van der Waals surface area contributed by atoms with Crippen LogP contribution in [0.4, 0.5) is 4.39 Å². The van der Waals surface area contributed by atoms with Crippen molar-refractivity contribution in [3.8, 4) is 11.1 Å². The van der Waals surface area contributed by atoms with Crippen LogP contribution in [-0.4, -0.2) is 33.4 Å². The van der Waals surface area contributed by atoms with Crippen molar-refractivity contribution in [1.29, 1.82) is 0 Å². The average Bonchev–Trinajstić information content (AvgIpc) is 3.13. The van der Waals surface area contributed by atoms with Crippen LogP contribution in [0.2, 0.25) is 0 Å². The molecule has 1 amide bonds. The van der Waals surface area contributed by atoms with E-state index in [-0.39, 0.29) is 5.82 Å². The predicted octanol–water partition coefficient (Wildman–Crippen LogP) is 4.86. The van der Waals surface area contributed by atoms with Crippen molar-refractivity contribution in [3.05, 3.63) is 89.6 Å². The van der Waals surface area contributed by atoms with E-state index >= 15 is 0 Å². The van der Waals surface area contributed by atoms with Crippen LogP contribution in [0.1, 0.15) is 40.4 Å². The summed E-state index contributed by atoms with van der Waals surface area (Å²) in [7, 11) is 2.01. The Kier molecular flexibility index (Phi) is 5.68. The summed E-state index contributed by atoms with van der Waals surface area (Å²) in [6.45, 7) is 2.75. The maximum atomic E-state index is 13.9. The summed E-state index contributed by atoms with van der Waals surface area (Å²) in [5.41, 5.74) is 11.1. The molecule has 0 spiro atoms. The molecule has 6 heteroatoms. The molecule has 2 aromatic heterocycles. The van der Waals surface area contributed by atoms with Crippen molar-refractivity contribution >= 4 is 16.8 Å². The molecule has 0 radical (unpaired) electrons. The number of aromatic nitrogens is 2. The summed E-state index contributed by atoms with van der Waals surface area (Å²) in [5.74, 6) is -0.272. The van der Waals surface area contributed by atoms with Gasteiger partial charge in [-0.25, -0.2) is 4.39 Å². The van der Waals surface area contributed by atoms with Crippen LogP contribution in [-0.2, 0) is 13.6 Å². The SMILES string of the molecule is Cn1cc(CN2CCC[C@H](c3ccc(-c4cccc(C(N)=O)c4)cn3)C2)c2cc(F)ccc21. The molecule has 0 aliphatic carbocycles. The number of piperidine rings is 1. The molecular weight excluding hydrogens is 415 g/mol. The van der Waals surface area contributed by atoms with Gasteiger partial charge in [-0.2, -0.15) is 0 Å². The Morgan fingerprint density at radius 3 is 2.82 bits per heavy atom. The summed E-state index contributed by atoms with van der Waals surface area (Å²) < 4.78 is 15.9. The highest BCUT2D eigenvalue weighted by molar-refractivity contribution is 5.94. The molecule has 5 rings (SSSR count). The molecule has 1 fully saturated rings. The molecule has 168 valence electrons. The minimum atomic E-state index is -0.433. The summed E-state index contributed by atoms with van der Waals surface area (Å²) in [6, 6.07) is 16.5. The fourth-order valence-electron chi connectivity index (χ4n) is 4.92. The number of carbonyl (C=O) groups excluding carboxylic acids is 1. The Bertz CT molecular complexity index is 1310. The van der Waals surface area contributed by atoms with Crippen LogP contribution in [0, 0.1) is 5.82 Å². The van der Waals surface area contributed by atoms with Gasteiger partial charge in [0.25, 0.3) is 0 Å². The maximum Gasteiger partial charge on any atom is 0.248 e. The molecule has 0 saturated carbocycles. The van der Waals surface area contributed by atoms with Crippen LogP contribution in [0.15, 0.2) is 67.0 Å². The van der Waals surface area contributed by atoms with Crippen molar-refractivity contribution in [3.63, 3.8) is 0 Å². The van der Waals surface area contributed by atoms with Crippen molar-refractivity contribution < 1.29 is 9.18 Å². The van der Waals surface area contributed by atoms with E-state index in [1.54, 1.807) is 18.2 Å². The Balaban J connectivity index is 1.32. The number of likely N-dealkylation sites (tertiary alicyclic amines) is 1. The van der Waals surface area contributed by atoms with E-state index in [0.29, 0.717) is 11.5 Å². The summed E-state index contributed by atoms with van der Waals surface area (Å²) in [6.07, 6.45) is 6.20. The fourth-order valence-corrected chi connectivity index (χ4v) is 4.92. The number of rotatable bonds is 5. The first-order valence-corrected chi connectivity index (χ1v) is 11.3. The van der Waals surface area contributed by atoms with Crippen molar-refractivity contribution in [2.75, 3.05) is 13.1 Å². The number of pyridine rings is 1. The number of carbonyl (C=O) groups is 1. The highest BCUT2D eigenvalue weighted by atomic mass is 19.1. The topological polar surface area (TPSA) is 64.2 Å². The van der Waals surface area contributed by atoms with Gasteiger partial charge in [-0.05, 0) is 66.9 Å². The molecule has 2 N–H and O–H groups in total. The van der Waals surface area contributed by atoms with E-state index in [1.807, 2.05) is 31.4 Å². The molecule has 1 aliphatic heterocycles. The highest BCUT2D eigenvalue weighted by Gasteiger charge is 2.23. The molecule has 0 unspecified atom stereocenters. The van der Waals surface area contributed by atoms with Crippen molar-refractivity contribution in [2.45, 2.75) is 25.3 Å². The standard InChI is InChI=1S/C27H27FN4O/c1-31-15-22(24-13-23(28)8-10-26(24)31)17-32-11-3-6-21(16-32)25-9-7-20(14-30-25)18-4-2-5-19(12-18)27(29)33/h2,4-5,7-10,12-15,21H,3,6,11,16-17H2,1H3,(H2,29,33)/t21-/m0/s1. The molecule has 1 saturated heterocycles. The normalized spacial score (nSPS) is 16.8. The summed E-state index contributed by atoms with van der Waals surface area (Å²) in [5, 5.41) is 0.986. The second-order valence-electron chi connectivity index (χ2n) is 8.92. The minimum absolute atomic E-state index is 0.197. The van der Waals surface area contributed by atoms with Gasteiger partial charge in [-0.1, -0.05) is 18.2 Å². The lowest BCUT2D eigenvalue weighted by Crippen LogP contribution is -2.34. The van der Waals surface area contributed by atoms with Gasteiger partial charge < -0.3 is 10.3 Å². The second-order valence-corrected chi connectivity index (χ2v) is 8.92. The van der Waals surface area contributed by atoms with Crippen molar-refractivity contribution in [1.82, 2.24) is 14.5 Å². The zero-order chi connectivity index (χ0) is 22.9. The van der Waals surface area contributed by atoms with Crippen LogP contribution < -0.4 is 5.73 Å². The lowest BCUT2D eigenvalue weighted by atomic mass is 9.93. The number of hydrogen-bond donors (Lipinski definition) is 1. The zero-order valence-corrected chi connectivity index (χ0v) is 18.7. The number of hydrogen-bond acceptors (Lipinski definition) is 3. The van der Waals surface area contributed by atoms with Crippen LogP contribution >= 0.6 is 0 Å².